The molecule has 3 heterocycles. The van der Waals surface area contributed by atoms with Crippen LogP contribution in [0.25, 0.3) is 11.5 Å². The van der Waals surface area contributed by atoms with Crippen LogP contribution >= 0.6 is 23.2 Å². The second-order valence-corrected chi connectivity index (χ2v) is 10.8. The minimum atomic E-state index is -1.01. The molecule has 0 bridgehead atoms. The number of hydrogen-bond acceptors (Lipinski definition) is 4. The quantitative estimate of drug-likeness (QED) is 0.242. The van der Waals surface area contributed by atoms with Crippen LogP contribution in [0.1, 0.15) is 45.9 Å². The molecule has 2 aromatic carbocycles. The van der Waals surface area contributed by atoms with Crippen LogP contribution in [-0.2, 0) is 19.4 Å². The number of aromatic carboxylic acids is 1. The lowest BCUT2D eigenvalue weighted by molar-refractivity contribution is 0.0696. The van der Waals surface area contributed by atoms with Gasteiger partial charge < -0.3 is 14.6 Å². The fourth-order valence-corrected chi connectivity index (χ4v) is 5.76. The Hall–Kier alpha value is -3.26. The third kappa shape index (κ3) is 6.85. The van der Waals surface area contributed by atoms with Gasteiger partial charge in [0.2, 0.25) is 0 Å². The molecule has 0 amide bonds. The van der Waals surface area contributed by atoms with E-state index in [0.29, 0.717) is 40.4 Å². The number of nitrogens with zero attached hydrogens (tertiary/aromatic N) is 4. The molecule has 9 heteroatoms. The van der Waals surface area contributed by atoms with Crippen molar-refractivity contribution in [3.05, 3.63) is 105 Å². The molecule has 0 atom stereocenters. The largest absolute Gasteiger partial charge is 0.478 e. The fraction of sp³-hybridized carbons (Fsp3) is 0.300. The summed E-state index contributed by atoms with van der Waals surface area (Å²) in [6, 6.07) is 15.3. The van der Waals surface area contributed by atoms with Crippen molar-refractivity contribution in [2.75, 3.05) is 19.6 Å². The summed E-state index contributed by atoms with van der Waals surface area (Å²) in [5.41, 5.74) is 3.95. The predicted molar refractivity (Wildman–Crippen MR) is 151 cm³/mol. The summed E-state index contributed by atoms with van der Waals surface area (Å²) in [6.07, 6.45) is 6.91. The van der Waals surface area contributed by atoms with E-state index in [1.807, 2.05) is 18.3 Å². The van der Waals surface area contributed by atoms with Crippen LogP contribution in [-0.4, -0.2) is 50.1 Å². The fourth-order valence-electron chi connectivity index (χ4n) is 5.22. The maximum absolute atomic E-state index is 13.4. The second-order valence-electron chi connectivity index (χ2n) is 9.90. The van der Waals surface area contributed by atoms with Gasteiger partial charge in [-0.15, -0.1) is 0 Å². The first-order chi connectivity index (χ1) is 18.9. The third-order valence-electron chi connectivity index (χ3n) is 7.34. The number of carbonyl (C=O) groups is 1. The molecule has 6 nitrogen and oxygen atoms in total. The molecular weight excluding hydrogens is 538 g/mol. The zero-order valence-electron chi connectivity index (χ0n) is 21.4. The van der Waals surface area contributed by atoms with Crippen LogP contribution in [0.15, 0.2) is 67.0 Å². The van der Waals surface area contributed by atoms with Crippen LogP contribution in [0.5, 0.6) is 0 Å². The van der Waals surface area contributed by atoms with Crippen molar-refractivity contribution >= 4 is 29.2 Å². The number of aromatic nitrogens is 3. The average Bonchev–Trinajstić information content (AvgIpc) is 3.34. The van der Waals surface area contributed by atoms with Gasteiger partial charge in [-0.2, -0.15) is 0 Å². The standard InChI is InChI=1S/C30H29Cl2FN4O2/c31-24-15-23(16-25(32)18-24)21-7-11-36(12-8-21)13-9-27-19-35-29(28-17-22(30(38)39)5-10-34-28)37(27)14-6-20-1-3-26(33)4-2-20/h1-5,10,15-19,21H,6-9,11-14H2,(H,38,39). The van der Waals surface area contributed by atoms with Crippen LogP contribution in [0.4, 0.5) is 4.39 Å². The Morgan fingerprint density at radius 1 is 0.949 bits per heavy atom. The highest BCUT2D eigenvalue weighted by atomic mass is 35.5. The van der Waals surface area contributed by atoms with Gasteiger partial charge in [-0.05, 0) is 91.9 Å². The molecule has 39 heavy (non-hydrogen) atoms. The lowest BCUT2D eigenvalue weighted by Crippen LogP contribution is -2.34. The van der Waals surface area contributed by atoms with Gasteiger partial charge in [-0.3, -0.25) is 4.98 Å². The highest BCUT2D eigenvalue weighted by Gasteiger charge is 2.22. The van der Waals surface area contributed by atoms with Crippen LogP contribution < -0.4 is 0 Å². The van der Waals surface area contributed by atoms with Gasteiger partial charge in [0.05, 0.1) is 5.56 Å². The zero-order chi connectivity index (χ0) is 27.4. The van der Waals surface area contributed by atoms with E-state index < -0.39 is 5.97 Å². The van der Waals surface area contributed by atoms with Crippen LogP contribution in [0.2, 0.25) is 10.0 Å². The first-order valence-corrected chi connectivity index (χ1v) is 13.8. The summed E-state index contributed by atoms with van der Waals surface area (Å²) < 4.78 is 15.5. The van der Waals surface area contributed by atoms with Crippen molar-refractivity contribution in [3.63, 3.8) is 0 Å². The Morgan fingerprint density at radius 2 is 1.67 bits per heavy atom. The summed E-state index contributed by atoms with van der Waals surface area (Å²) in [5.74, 6) is -0.198. The first-order valence-electron chi connectivity index (χ1n) is 13.0. The Bertz CT molecular complexity index is 1430. The molecule has 0 unspecified atom stereocenters. The SMILES string of the molecule is O=C(O)c1ccnc(-c2ncc(CCN3CCC(c4cc(Cl)cc(Cl)c4)CC3)n2CCc2ccc(F)cc2)c1. The number of carboxylic acids is 1. The number of aryl methyl sites for hydroxylation is 1. The maximum atomic E-state index is 13.4. The summed E-state index contributed by atoms with van der Waals surface area (Å²) in [6.45, 7) is 3.46. The molecule has 202 valence electrons. The zero-order valence-corrected chi connectivity index (χ0v) is 22.9. The number of halogens is 3. The summed E-state index contributed by atoms with van der Waals surface area (Å²) in [5, 5.41) is 10.8. The van der Waals surface area contributed by atoms with Gasteiger partial charge in [0.1, 0.15) is 11.5 Å². The van der Waals surface area contributed by atoms with Crippen molar-refractivity contribution in [1.29, 1.82) is 0 Å². The minimum absolute atomic E-state index is 0.165. The van der Waals surface area contributed by atoms with E-state index in [1.54, 1.807) is 24.3 Å². The molecule has 0 spiro atoms. The van der Waals surface area contributed by atoms with E-state index >= 15 is 0 Å². The van der Waals surface area contributed by atoms with E-state index in [-0.39, 0.29) is 11.4 Å². The van der Waals surface area contributed by atoms with Crippen LogP contribution in [0, 0.1) is 5.82 Å². The maximum Gasteiger partial charge on any atom is 0.335 e. The number of benzene rings is 2. The number of pyridine rings is 1. The van der Waals surface area contributed by atoms with Crippen molar-refractivity contribution in [1.82, 2.24) is 19.4 Å². The first kappa shape index (κ1) is 27.3. The summed E-state index contributed by atoms with van der Waals surface area (Å²) in [7, 11) is 0. The highest BCUT2D eigenvalue weighted by molar-refractivity contribution is 6.34. The Morgan fingerprint density at radius 3 is 2.36 bits per heavy atom. The smallest absolute Gasteiger partial charge is 0.335 e. The van der Waals surface area contributed by atoms with E-state index in [2.05, 4.69) is 19.4 Å². The van der Waals surface area contributed by atoms with Gasteiger partial charge in [-0.1, -0.05) is 35.3 Å². The Labute approximate surface area is 237 Å². The molecule has 4 aromatic rings. The lowest BCUT2D eigenvalue weighted by atomic mass is 9.89. The van der Waals surface area contributed by atoms with Gasteiger partial charge in [0.15, 0.2) is 5.82 Å². The van der Waals surface area contributed by atoms with Gasteiger partial charge in [0, 0.05) is 47.6 Å². The summed E-state index contributed by atoms with van der Waals surface area (Å²) in [4.78, 5) is 23.1. The number of rotatable bonds is 9. The van der Waals surface area contributed by atoms with Crippen molar-refractivity contribution in [2.24, 2.45) is 0 Å². The molecule has 1 saturated heterocycles. The summed E-state index contributed by atoms with van der Waals surface area (Å²) >= 11 is 12.4. The molecule has 2 aromatic heterocycles. The number of likely N-dealkylation sites (tertiary alicyclic amines) is 1. The van der Waals surface area contributed by atoms with E-state index in [0.717, 1.165) is 50.2 Å². The minimum Gasteiger partial charge on any atom is -0.478 e. The van der Waals surface area contributed by atoms with Gasteiger partial charge >= 0.3 is 5.97 Å². The van der Waals surface area contributed by atoms with Gasteiger partial charge in [-0.25, -0.2) is 14.2 Å². The number of hydrogen-bond donors (Lipinski definition) is 1. The molecule has 1 fully saturated rings. The molecule has 1 N–H and O–H groups in total. The molecular formula is C30H29Cl2FN4O2. The molecule has 0 radical (unpaired) electrons. The molecule has 5 rings (SSSR count). The Balaban J connectivity index is 1.29. The third-order valence-corrected chi connectivity index (χ3v) is 7.78. The second kappa shape index (κ2) is 12.3. The topological polar surface area (TPSA) is 71.2 Å². The van der Waals surface area contributed by atoms with Crippen molar-refractivity contribution < 1.29 is 14.3 Å². The molecule has 1 aliphatic heterocycles. The van der Waals surface area contributed by atoms with Crippen molar-refractivity contribution in [3.8, 4) is 11.5 Å². The average molecular weight is 567 g/mol. The number of piperidine rings is 1. The van der Waals surface area contributed by atoms with Crippen molar-refractivity contribution in [2.45, 2.75) is 38.1 Å². The molecule has 0 saturated carbocycles. The lowest BCUT2D eigenvalue weighted by Gasteiger charge is -2.32. The molecule has 0 aliphatic carbocycles. The van der Waals surface area contributed by atoms with Crippen LogP contribution in [0.3, 0.4) is 0 Å². The Kier molecular flexibility index (Phi) is 8.60. The number of carboxylic acid groups (broad SMARTS) is 1. The monoisotopic (exact) mass is 566 g/mol. The predicted octanol–water partition coefficient (Wildman–Crippen LogP) is 6.75. The normalized spacial score (nSPS) is 14.5. The van der Waals surface area contributed by atoms with Gasteiger partial charge in [0.25, 0.3) is 0 Å². The van der Waals surface area contributed by atoms with E-state index in [1.165, 1.54) is 30.0 Å². The highest BCUT2D eigenvalue weighted by Crippen LogP contribution is 2.32. The van der Waals surface area contributed by atoms with E-state index in [9.17, 15) is 14.3 Å². The van der Waals surface area contributed by atoms with E-state index in [4.69, 9.17) is 23.2 Å². The number of imidazole rings is 1. The molecule has 1 aliphatic rings.